The zero-order chi connectivity index (χ0) is 26.8. The Labute approximate surface area is 214 Å². The smallest absolute Gasteiger partial charge is 0.382 e. The second-order valence-electron chi connectivity index (χ2n) is 9.51. The van der Waals surface area contributed by atoms with Crippen LogP contribution in [0.5, 0.6) is 0 Å². The summed E-state index contributed by atoms with van der Waals surface area (Å²) in [7, 11) is 1.60. The van der Waals surface area contributed by atoms with E-state index in [9.17, 15) is 18.0 Å². The number of rotatable bonds is 5. The van der Waals surface area contributed by atoms with E-state index >= 15 is 0 Å². The van der Waals surface area contributed by atoms with Gasteiger partial charge in [0.15, 0.2) is 0 Å². The predicted octanol–water partition coefficient (Wildman–Crippen LogP) is 4.26. The number of aromatic nitrogens is 5. The minimum absolute atomic E-state index is 0.115. The van der Waals surface area contributed by atoms with E-state index < -0.39 is 11.7 Å². The molecule has 0 radical (unpaired) electrons. The quantitative estimate of drug-likeness (QED) is 0.369. The van der Waals surface area contributed by atoms with Gasteiger partial charge >= 0.3 is 6.18 Å². The van der Waals surface area contributed by atoms with Crippen molar-refractivity contribution in [3.8, 4) is 0 Å². The van der Waals surface area contributed by atoms with Crippen molar-refractivity contribution in [1.82, 2.24) is 28.7 Å². The summed E-state index contributed by atoms with van der Waals surface area (Å²) >= 11 is 0. The number of nitrogens with zero attached hydrogens (tertiary/aromatic N) is 6. The van der Waals surface area contributed by atoms with Gasteiger partial charge in [-0.05, 0) is 50.1 Å². The van der Waals surface area contributed by atoms with Crippen molar-refractivity contribution in [2.24, 2.45) is 0 Å². The number of methoxy groups -OCH3 is 1. The van der Waals surface area contributed by atoms with Crippen LogP contribution in [0.2, 0.25) is 0 Å². The maximum Gasteiger partial charge on any atom is 0.417 e. The third-order valence-electron chi connectivity index (χ3n) is 7.22. The fourth-order valence-corrected chi connectivity index (χ4v) is 5.11. The number of carbonyl (C=O) groups is 1. The van der Waals surface area contributed by atoms with Gasteiger partial charge in [-0.3, -0.25) is 9.20 Å². The van der Waals surface area contributed by atoms with Gasteiger partial charge in [0.2, 0.25) is 0 Å². The van der Waals surface area contributed by atoms with E-state index in [1.165, 1.54) is 16.7 Å². The number of fused-ring (bicyclic) bond motifs is 4. The summed E-state index contributed by atoms with van der Waals surface area (Å²) in [5.74, 6) is 0.111. The number of ether oxygens (including phenoxy) is 1. The van der Waals surface area contributed by atoms with E-state index in [0.29, 0.717) is 39.3 Å². The maximum absolute atomic E-state index is 13.9. The number of anilines is 1. The van der Waals surface area contributed by atoms with Crippen molar-refractivity contribution in [2.75, 3.05) is 12.8 Å². The molecule has 1 fully saturated rings. The van der Waals surface area contributed by atoms with E-state index in [1.54, 1.807) is 36.5 Å². The highest BCUT2D eigenvalue weighted by Crippen LogP contribution is 2.32. The van der Waals surface area contributed by atoms with Crippen LogP contribution in [0.15, 0.2) is 49.1 Å². The van der Waals surface area contributed by atoms with Crippen LogP contribution in [0.25, 0.3) is 22.2 Å². The molecule has 0 bridgehead atoms. The fourth-order valence-electron chi connectivity index (χ4n) is 5.11. The van der Waals surface area contributed by atoms with Crippen molar-refractivity contribution in [2.45, 2.75) is 44.6 Å². The molecule has 12 heteroatoms. The highest BCUT2D eigenvalue weighted by molar-refractivity contribution is 5.98. The molecule has 0 spiro atoms. The molecule has 2 N–H and O–H groups in total. The number of halogens is 3. The Balaban J connectivity index is 1.38. The van der Waals surface area contributed by atoms with Gasteiger partial charge < -0.3 is 19.8 Å². The molecule has 2 unspecified atom stereocenters. The van der Waals surface area contributed by atoms with Gasteiger partial charge in [-0.25, -0.2) is 15.0 Å². The molecule has 196 valence electrons. The van der Waals surface area contributed by atoms with E-state index in [1.807, 2.05) is 11.3 Å². The molecule has 1 aliphatic rings. The molecule has 1 saturated carbocycles. The molecule has 5 aromatic rings. The number of carbonyl (C=O) groups excluding carboxylic acids is 1. The zero-order valence-electron chi connectivity index (χ0n) is 20.6. The molecular weight excluding hydrogens is 499 g/mol. The van der Waals surface area contributed by atoms with Crippen LogP contribution in [-0.4, -0.2) is 53.8 Å². The van der Waals surface area contributed by atoms with Crippen LogP contribution in [0.4, 0.5) is 19.0 Å². The predicted molar refractivity (Wildman–Crippen MR) is 134 cm³/mol. The third-order valence-corrected chi connectivity index (χ3v) is 7.22. The Kier molecular flexibility index (Phi) is 5.53. The molecule has 1 aliphatic carbocycles. The summed E-state index contributed by atoms with van der Waals surface area (Å²) in [5, 5.41) is 0. The molecule has 4 heterocycles. The largest absolute Gasteiger partial charge is 0.417 e. The lowest BCUT2D eigenvalue weighted by atomic mass is 9.87. The van der Waals surface area contributed by atoms with Crippen molar-refractivity contribution < 1.29 is 22.7 Å². The molecule has 6 rings (SSSR count). The molecule has 9 nitrogen and oxygen atoms in total. The van der Waals surface area contributed by atoms with Gasteiger partial charge in [0.1, 0.15) is 23.3 Å². The molecule has 2 atom stereocenters. The zero-order valence-corrected chi connectivity index (χ0v) is 20.6. The SMILES string of the molecule is COC1CCC1N(Cc1cn2cc(C(F)(F)F)ccc2n1)C(=O)c1ccc2nc(N)c3c(C)ncn3c2c1. The lowest BCUT2D eigenvalue weighted by Gasteiger charge is -2.43. The Morgan fingerprint density at radius 2 is 2.00 bits per heavy atom. The number of amides is 1. The first-order valence-corrected chi connectivity index (χ1v) is 12.1. The summed E-state index contributed by atoms with van der Waals surface area (Å²) in [5.41, 5.74) is 9.34. The number of alkyl halides is 3. The molecule has 4 aromatic heterocycles. The molecular formula is C26H24F3N7O2. The standard InChI is InChI=1S/C26H24F3N7O2/c1-14-23-24(30)33-18-5-3-15(9-20(18)36(23)13-31-14)25(37)35(19-6-7-21(19)38-2)12-17-11-34-10-16(26(27,28)29)4-8-22(34)32-17/h3-5,8-11,13,19,21H,6-7,12H2,1-2H3,(H2,30,33). The van der Waals surface area contributed by atoms with E-state index in [-0.39, 0.29) is 24.6 Å². The Hall–Kier alpha value is -4.19. The van der Waals surface area contributed by atoms with Crippen molar-refractivity contribution in [3.05, 3.63) is 71.6 Å². The number of hydrogen-bond acceptors (Lipinski definition) is 6. The molecule has 0 aliphatic heterocycles. The van der Waals surface area contributed by atoms with Gasteiger partial charge in [-0.2, -0.15) is 13.2 Å². The maximum atomic E-state index is 13.9. The van der Waals surface area contributed by atoms with Crippen LogP contribution in [-0.2, 0) is 17.5 Å². The van der Waals surface area contributed by atoms with Gasteiger partial charge in [0.05, 0.1) is 46.7 Å². The monoisotopic (exact) mass is 523 g/mol. The fraction of sp³-hybridized carbons (Fsp3) is 0.308. The Morgan fingerprint density at radius 1 is 1.18 bits per heavy atom. The third kappa shape index (κ3) is 3.92. The second kappa shape index (κ2) is 8.69. The van der Waals surface area contributed by atoms with Crippen LogP contribution >= 0.6 is 0 Å². The minimum Gasteiger partial charge on any atom is -0.382 e. The minimum atomic E-state index is -4.47. The number of imidazole rings is 2. The summed E-state index contributed by atoms with van der Waals surface area (Å²) in [6.07, 6.45) is 1.12. The number of nitrogens with two attached hydrogens (primary N) is 1. The normalized spacial score (nSPS) is 17.8. The van der Waals surface area contributed by atoms with E-state index in [4.69, 9.17) is 10.5 Å². The highest BCUT2D eigenvalue weighted by atomic mass is 19.4. The van der Waals surface area contributed by atoms with Gasteiger partial charge in [-0.15, -0.1) is 0 Å². The summed E-state index contributed by atoms with van der Waals surface area (Å²) in [6.45, 7) is 1.95. The van der Waals surface area contributed by atoms with Crippen LogP contribution < -0.4 is 5.73 Å². The molecule has 1 aromatic carbocycles. The van der Waals surface area contributed by atoms with Crippen molar-refractivity contribution in [1.29, 1.82) is 0 Å². The summed E-state index contributed by atoms with van der Waals surface area (Å²) in [6, 6.07) is 7.31. The van der Waals surface area contributed by atoms with Crippen LogP contribution in [0.3, 0.4) is 0 Å². The number of hydrogen-bond donors (Lipinski definition) is 1. The van der Waals surface area contributed by atoms with Gasteiger partial charge in [0.25, 0.3) is 5.91 Å². The number of benzene rings is 1. The van der Waals surface area contributed by atoms with E-state index in [2.05, 4.69) is 15.0 Å². The van der Waals surface area contributed by atoms with Gasteiger partial charge in [-0.1, -0.05) is 0 Å². The van der Waals surface area contributed by atoms with Crippen LogP contribution in [0, 0.1) is 6.92 Å². The Bertz CT molecular complexity index is 1710. The molecule has 38 heavy (non-hydrogen) atoms. The number of pyridine rings is 1. The summed E-state index contributed by atoms with van der Waals surface area (Å²) < 4.78 is 48.3. The lowest BCUT2D eigenvalue weighted by molar-refractivity contribution is -0.137. The Morgan fingerprint density at radius 3 is 2.71 bits per heavy atom. The second-order valence-corrected chi connectivity index (χ2v) is 9.51. The van der Waals surface area contributed by atoms with Gasteiger partial charge in [0, 0.05) is 25.1 Å². The number of aryl methyl sites for hydroxylation is 1. The molecule has 0 saturated heterocycles. The summed E-state index contributed by atoms with van der Waals surface area (Å²) in [4.78, 5) is 28.9. The topological polar surface area (TPSA) is 103 Å². The number of nitrogen functional groups attached to an aromatic ring is 1. The highest BCUT2D eigenvalue weighted by Gasteiger charge is 2.39. The first-order valence-electron chi connectivity index (χ1n) is 12.1. The van der Waals surface area contributed by atoms with Crippen molar-refractivity contribution in [3.63, 3.8) is 0 Å². The van der Waals surface area contributed by atoms with Crippen molar-refractivity contribution >= 4 is 33.9 Å². The first-order chi connectivity index (χ1) is 18.1. The average molecular weight is 524 g/mol. The van der Waals surface area contributed by atoms with E-state index in [0.717, 1.165) is 30.8 Å². The first kappa shape index (κ1) is 24.2. The average Bonchev–Trinajstić information content (AvgIpc) is 3.45. The van der Waals surface area contributed by atoms with Crippen LogP contribution in [0.1, 0.15) is 40.2 Å². The lowest BCUT2D eigenvalue weighted by Crippen LogP contribution is -2.53. The molecule has 1 amide bonds.